The minimum atomic E-state index is -0.977. The van der Waals surface area contributed by atoms with E-state index in [0.717, 1.165) is 0 Å². The Bertz CT molecular complexity index is 721. The van der Waals surface area contributed by atoms with Crippen molar-refractivity contribution < 1.29 is 19.2 Å². The summed E-state index contributed by atoms with van der Waals surface area (Å²) >= 11 is 0. The Kier molecular flexibility index (Phi) is 5.41. The monoisotopic (exact) mass is 358 g/mol. The van der Waals surface area contributed by atoms with Crippen LogP contribution in [-0.2, 0) is 25.6 Å². The lowest BCUT2D eigenvalue weighted by molar-refractivity contribution is -0.144. The second kappa shape index (κ2) is 7.74. The van der Waals surface area contributed by atoms with Crippen LogP contribution in [0.4, 0.5) is 0 Å². The van der Waals surface area contributed by atoms with Crippen LogP contribution in [-0.4, -0.2) is 58.4 Å². The van der Waals surface area contributed by atoms with Gasteiger partial charge < -0.3 is 16.0 Å². The quantitative estimate of drug-likeness (QED) is 0.616. The highest BCUT2D eigenvalue weighted by atomic mass is 16.2. The van der Waals surface area contributed by atoms with Gasteiger partial charge in [0.15, 0.2) is 5.78 Å². The van der Waals surface area contributed by atoms with Gasteiger partial charge in [0.1, 0.15) is 11.8 Å². The lowest BCUT2D eigenvalue weighted by Gasteiger charge is -2.26. The number of primary amides is 1. The number of hydrogen-bond donors (Lipinski definition) is 2. The summed E-state index contributed by atoms with van der Waals surface area (Å²) in [6, 6.07) is 2.93. The predicted molar refractivity (Wildman–Crippen MR) is 91.8 cm³/mol. The smallest absolute Gasteiger partial charge is 0.233 e. The summed E-state index contributed by atoms with van der Waals surface area (Å²) in [6.07, 6.45) is 3.92. The molecule has 0 radical (unpaired) electrons. The number of rotatable bonds is 7. The van der Waals surface area contributed by atoms with E-state index in [9.17, 15) is 19.2 Å². The summed E-state index contributed by atoms with van der Waals surface area (Å²) in [5, 5.41) is 3.10. The van der Waals surface area contributed by atoms with Gasteiger partial charge in [0.25, 0.3) is 0 Å². The molecule has 8 nitrogen and oxygen atoms in total. The zero-order valence-corrected chi connectivity index (χ0v) is 14.4. The minimum Gasteiger partial charge on any atom is -0.370 e. The van der Waals surface area contributed by atoms with Crippen molar-refractivity contribution in [2.45, 2.75) is 37.8 Å². The Morgan fingerprint density at radius 3 is 2.88 bits per heavy atom. The molecule has 0 spiro atoms. The van der Waals surface area contributed by atoms with Crippen LogP contribution >= 0.6 is 0 Å². The number of pyridine rings is 1. The lowest BCUT2D eigenvalue weighted by Crippen LogP contribution is -2.47. The zero-order valence-electron chi connectivity index (χ0n) is 14.4. The first-order chi connectivity index (χ1) is 12.5. The van der Waals surface area contributed by atoms with Gasteiger partial charge in [-0.1, -0.05) is 6.07 Å². The SMILES string of the molecule is NC(=O)CCC(C(=O)Cc1cccnc1)C(=O)N1CCC2NCC(=O)C21. The second-order valence-electron chi connectivity index (χ2n) is 6.78. The molecule has 3 atom stereocenters. The third-order valence-corrected chi connectivity index (χ3v) is 5.02. The zero-order chi connectivity index (χ0) is 18.7. The molecule has 26 heavy (non-hydrogen) atoms. The third-order valence-electron chi connectivity index (χ3n) is 5.02. The van der Waals surface area contributed by atoms with Gasteiger partial charge in [-0.25, -0.2) is 0 Å². The fourth-order valence-electron chi connectivity index (χ4n) is 3.72. The number of carbonyl (C=O) groups excluding carboxylic acids is 4. The number of carbonyl (C=O) groups is 4. The average Bonchev–Trinajstić information content (AvgIpc) is 3.19. The van der Waals surface area contributed by atoms with E-state index in [1.807, 2.05) is 0 Å². The van der Waals surface area contributed by atoms with Crippen molar-refractivity contribution in [1.82, 2.24) is 15.2 Å². The number of nitrogens with zero attached hydrogens (tertiary/aromatic N) is 2. The Morgan fingerprint density at radius 2 is 2.19 bits per heavy atom. The van der Waals surface area contributed by atoms with E-state index in [2.05, 4.69) is 10.3 Å². The van der Waals surface area contributed by atoms with Crippen LogP contribution in [0.2, 0.25) is 0 Å². The highest BCUT2D eigenvalue weighted by molar-refractivity contribution is 6.04. The number of likely N-dealkylation sites (tertiary alicyclic amines) is 1. The largest absolute Gasteiger partial charge is 0.370 e. The maximum Gasteiger partial charge on any atom is 0.233 e. The second-order valence-corrected chi connectivity index (χ2v) is 6.78. The molecule has 2 aliphatic rings. The Hall–Kier alpha value is -2.61. The van der Waals surface area contributed by atoms with Gasteiger partial charge in [0.05, 0.1) is 12.5 Å². The molecule has 2 saturated heterocycles. The fourth-order valence-corrected chi connectivity index (χ4v) is 3.72. The summed E-state index contributed by atoms with van der Waals surface area (Å²) in [5.41, 5.74) is 5.91. The first-order valence-electron chi connectivity index (χ1n) is 8.74. The van der Waals surface area contributed by atoms with E-state index in [1.165, 1.54) is 4.90 Å². The minimum absolute atomic E-state index is 0.0331. The first kappa shape index (κ1) is 18.2. The molecule has 0 bridgehead atoms. The molecule has 3 N–H and O–H groups in total. The van der Waals surface area contributed by atoms with Crippen LogP contribution in [0.25, 0.3) is 0 Å². The normalized spacial score (nSPS) is 22.9. The molecule has 2 amide bonds. The van der Waals surface area contributed by atoms with E-state index < -0.39 is 17.9 Å². The molecule has 138 valence electrons. The van der Waals surface area contributed by atoms with Gasteiger partial charge in [-0.2, -0.15) is 0 Å². The lowest BCUT2D eigenvalue weighted by atomic mass is 9.92. The molecule has 0 aromatic carbocycles. The highest BCUT2D eigenvalue weighted by Crippen LogP contribution is 2.26. The van der Waals surface area contributed by atoms with Crippen molar-refractivity contribution in [1.29, 1.82) is 0 Å². The Morgan fingerprint density at radius 1 is 1.38 bits per heavy atom. The van der Waals surface area contributed by atoms with E-state index in [1.54, 1.807) is 24.5 Å². The van der Waals surface area contributed by atoms with Crippen molar-refractivity contribution in [2.24, 2.45) is 11.7 Å². The predicted octanol–water partition coefficient (Wildman–Crippen LogP) is -0.783. The number of amides is 2. The summed E-state index contributed by atoms with van der Waals surface area (Å²) in [7, 11) is 0. The molecule has 0 aliphatic carbocycles. The number of nitrogens with two attached hydrogens (primary N) is 1. The summed E-state index contributed by atoms with van der Waals surface area (Å²) < 4.78 is 0. The van der Waals surface area contributed by atoms with E-state index >= 15 is 0 Å². The number of aromatic nitrogens is 1. The number of ketones is 2. The van der Waals surface area contributed by atoms with Crippen LogP contribution in [0.15, 0.2) is 24.5 Å². The summed E-state index contributed by atoms with van der Waals surface area (Å²) in [5.74, 6) is -2.24. The standard InChI is InChI=1S/C18H22N4O4/c19-16(25)4-3-12(14(23)8-11-2-1-6-20-9-11)18(26)22-7-5-13-17(22)15(24)10-21-13/h1-2,6,9,12-13,17,21H,3-5,7-8,10H2,(H2,19,25). The van der Waals surface area contributed by atoms with Crippen molar-refractivity contribution in [3.8, 4) is 0 Å². The molecule has 2 fully saturated rings. The number of Topliss-reactive ketones (excluding diaryl/α,β-unsaturated/α-hetero) is 2. The molecule has 8 heteroatoms. The number of fused-ring (bicyclic) bond motifs is 1. The van der Waals surface area contributed by atoms with Crippen LogP contribution < -0.4 is 11.1 Å². The third kappa shape index (κ3) is 3.80. The van der Waals surface area contributed by atoms with Crippen molar-refractivity contribution in [3.05, 3.63) is 30.1 Å². The van der Waals surface area contributed by atoms with Gasteiger partial charge in [-0.3, -0.25) is 24.2 Å². The van der Waals surface area contributed by atoms with Gasteiger partial charge >= 0.3 is 0 Å². The summed E-state index contributed by atoms with van der Waals surface area (Å²) in [6.45, 7) is 0.675. The molecular formula is C18H22N4O4. The molecule has 3 heterocycles. The van der Waals surface area contributed by atoms with Gasteiger partial charge in [-0.15, -0.1) is 0 Å². The average molecular weight is 358 g/mol. The van der Waals surface area contributed by atoms with Gasteiger partial charge in [-0.05, 0) is 24.5 Å². The van der Waals surface area contributed by atoms with Gasteiger partial charge in [0.2, 0.25) is 11.8 Å². The van der Waals surface area contributed by atoms with Crippen LogP contribution in [0, 0.1) is 5.92 Å². The first-order valence-corrected chi connectivity index (χ1v) is 8.74. The number of hydrogen-bond acceptors (Lipinski definition) is 6. The van der Waals surface area contributed by atoms with E-state index in [0.29, 0.717) is 18.5 Å². The molecule has 1 aromatic heterocycles. The van der Waals surface area contributed by atoms with Crippen molar-refractivity contribution >= 4 is 23.4 Å². The molecular weight excluding hydrogens is 336 g/mol. The van der Waals surface area contributed by atoms with E-state index in [4.69, 9.17) is 5.73 Å². The van der Waals surface area contributed by atoms with Crippen LogP contribution in [0.5, 0.6) is 0 Å². The van der Waals surface area contributed by atoms with E-state index in [-0.39, 0.29) is 49.3 Å². The topological polar surface area (TPSA) is 122 Å². The van der Waals surface area contributed by atoms with Crippen LogP contribution in [0.3, 0.4) is 0 Å². The van der Waals surface area contributed by atoms with Gasteiger partial charge in [0, 0.05) is 37.8 Å². The number of nitrogens with one attached hydrogen (secondary N) is 1. The molecule has 0 saturated carbocycles. The molecule has 3 unspecified atom stereocenters. The summed E-state index contributed by atoms with van der Waals surface area (Å²) in [4.78, 5) is 54.5. The molecule has 2 aliphatic heterocycles. The molecule has 1 aromatic rings. The maximum atomic E-state index is 13.0. The fraction of sp³-hybridized carbons (Fsp3) is 0.500. The molecule has 3 rings (SSSR count). The highest BCUT2D eigenvalue weighted by Gasteiger charge is 2.47. The maximum absolute atomic E-state index is 13.0. The van der Waals surface area contributed by atoms with Crippen molar-refractivity contribution in [3.63, 3.8) is 0 Å². The van der Waals surface area contributed by atoms with Crippen molar-refractivity contribution in [2.75, 3.05) is 13.1 Å². The Labute approximate surface area is 151 Å². The van der Waals surface area contributed by atoms with Crippen LogP contribution in [0.1, 0.15) is 24.8 Å². The Balaban J connectivity index is 1.76.